The van der Waals surface area contributed by atoms with Gasteiger partial charge in [0.25, 0.3) is 0 Å². The topological polar surface area (TPSA) is 67.4 Å². The number of piperidine rings is 1. The molecule has 2 N–H and O–H groups in total. The zero-order chi connectivity index (χ0) is 13.1. The second kappa shape index (κ2) is 5.86. The Morgan fingerprint density at radius 3 is 2.72 bits per heavy atom. The highest BCUT2D eigenvalue weighted by atomic mass is 32.2. The zero-order valence-electron chi connectivity index (χ0n) is 11.1. The minimum Gasteiger partial charge on any atom is -0.377 e. The van der Waals surface area contributed by atoms with E-state index in [1.165, 1.54) is 0 Å². The van der Waals surface area contributed by atoms with Crippen molar-refractivity contribution in [2.45, 2.75) is 38.7 Å². The summed E-state index contributed by atoms with van der Waals surface area (Å²) in [4.78, 5) is 0. The van der Waals surface area contributed by atoms with Crippen LogP contribution in [-0.4, -0.2) is 46.5 Å². The highest BCUT2D eigenvalue weighted by Crippen LogP contribution is 2.27. The van der Waals surface area contributed by atoms with Gasteiger partial charge >= 0.3 is 0 Å². The first-order valence-electron chi connectivity index (χ1n) is 6.79. The first kappa shape index (κ1) is 14.2. The van der Waals surface area contributed by atoms with Crippen molar-refractivity contribution < 1.29 is 13.2 Å². The molecule has 106 valence electrons. The molecule has 0 amide bonds. The molecule has 2 heterocycles. The molecule has 2 fully saturated rings. The number of sulfonamides is 1. The molecule has 0 spiro atoms. The number of nitrogens with one attached hydrogen (secondary N) is 2. The van der Waals surface area contributed by atoms with E-state index in [1.54, 1.807) is 0 Å². The Morgan fingerprint density at radius 1 is 1.39 bits per heavy atom. The summed E-state index contributed by atoms with van der Waals surface area (Å²) in [5.41, 5.74) is 0.0921. The highest BCUT2D eigenvalue weighted by Gasteiger charge is 2.29. The number of hydrogen-bond acceptors (Lipinski definition) is 4. The van der Waals surface area contributed by atoms with Gasteiger partial charge in [-0.15, -0.1) is 0 Å². The lowest BCUT2D eigenvalue weighted by atomic mass is 9.81. The van der Waals surface area contributed by atoms with Crippen molar-refractivity contribution in [1.29, 1.82) is 0 Å². The molecule has 6 heteroatoms. The molecule has 1 unspecified atom stereocenters. The van der Waals surface area contributed by atoms with Crippen LogP contribution in [-0.2, 0) is 14.8 Å². The lowest BCUT2D eigenvalue weighted by Crippen LogP contribution is -2.44. The van der Waals surface area contributed by atoms with Crippen LogP contribution in [0.2, 0.25) is 0 Å². The van der Waals surface area contributed by atoms with Gasteiger partial charge < -0.3 is 10.1 Å². The molecule has 2 saturated heterocycles. The highest BCUT2D eigenvalue weighted by molar-refractivity contribution is 7.89. The first-order chi connectivity index (χ1) is 8.49. The summed E-state index contributed by atoms with van der Waals surface area (Å²) in [5.74, 6) is 0.112. The minimum absolute atomic E-state index is 0.0921. The maximum absolute atomic E-state index is 12.0. The van der Waals surface area contributed by atoms with E-state index in [4.69, 9.17) is 4.74 Å². The Hall–Kier alpha value is -0.170. The molecular formula is C12H24N2O3S. The van der Waals surface area contributed by atoms with Crippen LogP contribution < -0.4 is 10.0 Å². The zero-order valence-corrected chi connectivity index (χ0v) is 11.9. The van der Waals surface area contributed by atoms with Crippen molar-refractivity contribution >= 4 is 10.0 Å². The molecule has 5 nitrogen and oxygen atoms in total. The van der Waals surface area contributed by atoms with Gasteiger partial charge in [0.1, 0.15) is 0 Å². The summed E-state index contributed by atoms with van der Waals surface area (Å²) in [5, 5.41) is 3.30. The summed E-state index contributed by atoms with van der Waals surface area (Å²) < 4.78 is 32.1. The molecule has 0 aromatic rings. The van der Waals surface area contributed by atoms with Crippen LogP contribution in [0.4, 0.5) is 0 Å². The van der Waals surface area contributed by atoms with E-state index in [-0.39, 0.29) is 17.3 Å². The molecule has 0 radical (unpaired) electrons. The van der Waals surface area contributed by atoms with Crippen LogP contribution in [0.15, 0.2) is 0 Å². The quantitative estimate of drug-likeness (QED) is 0.766. The number of ether oxygens (including phenoxy) is 1. The van der Waals surface area contributed by atoms with Crippen LogP contribution in [0.3, 0.4) is 0 Å². The Balaban J connectivity index is 1.80. The molecule has 2 aliphatic rings. The van der Waals surface area contributed by atoms with Crippen LogP contribution in [0.5, 0.6) is 0 Å². The van der Waals surface area contributed by atoms with Gasteiger partial charge in [0, 0.05) is 13.2 Å². The van der Waals surface area contributed by atoms with Crippen LogP contribution >= 0.6 is 0 Å². The fraction of sp³-hybridized carbons (Fsp3) is 1.00. The molecule has 0 bridgehead atoms. The average molecular weight is 276 g/mol. The largest absolute Gasteiger partial charge is 0.377 e. The molecule has 0 aliphatic carbocycles. The molecule has 18 heavy (non-hydrogen) atoms. The first-order valence-corrected chi connectivity index (χ1v) is 8.44. The third-order valence-corrected chi connectivity index (χ3v) is 5.35. The van der Waals surface area contributed by atoms with Gasteiger partial charge in [-0.1, -0.05) is 6.92 Å². The van der Waals surface area contributed by atoms with Gasteiger partial charge in [-0.2, -0.15) is 0 Å². The third kappa shape index (κ3) is 4.19. The van der Waals surface area contributed by atoms with Gasteiger partial charge in [0.15, 0.2) is 0 Å². The lowest BCUT2D eigenvalue weighted by molar-refractivity contribution is 0.127. The second-order valence-corrected chi connectivity index (χ2v) is 7.65. The van der Waals surface area contributed by atoms with Crippen LogP contribution in [0, 0.1) is 5.41 Å². The SMILES string of the molecule is CC1(CNS(=O)(=O)CC2CCCO2)CCNCC1. The summed E-state index contributed by atoms with van der Waals surface area (Å²) >= 11 is 0. The Labute approximate surface area is 110 Å². The fourth-order valence-electron chi connectivity index (χ4n) is 2.57. The van der Waals surface area contributed by atoms with Gasteiger partial charge in [0.2, 0.25) is 10.0 Å². The monoisotopic (exact) mass is 276 g/mol. The summed E-state index contributed by atoms with van der Waals surface area (Å²) in [6.45, 7) is 5.35. The van der Waals surface area contributed by atoms with E-state index in [1.807, 2.05) is 0 Å². The molecule has 1 atom stereocenters. The Bertz CT molecular complexity index is 358. The summed E-state index contributed by atoms with van der Waals surface area (Å²) in [6, 6.07) is 0. The Kier molecular flexibility index (Phi) is 4.64. The molecule has 0 aromatic heterocycles. The van der Waals surface area contributed by atoms with Crippen molar-refractivity contribution in [3.05, 3.63) is 0 Å². The molecule has 2 rings (SSSR count). The number of rotatable bonds is 5. The smallest absolute Gasteiger partial charge is 0.214 e. The van der Waals surface area contributed by atoms with Crippen molar-refractivity contribution in [3.8, 4) is 0 Å². The van der Waals surface area contributed by atoms with E-state index < -0.39 is 10.0 Å². The fourth-order valence-corrected chi connectivity index (χ4v) is 4.01. The van der Waals surface area contributed by atoms with E-state index in [2.05, 4.69) is 17.0 Å². The van der Waals surface area contributed by atoms with Crippen LogP contribution in [0.25, 0.3) is 0 Å². The second-order valence-electron chi connectivity index (χ2n) is 5.80. The summed E-state index contributed by atoms with van der Waals surface area (Å²) in [7, 11) is -3.20. The minimum atomic E-state index is -3.20. The Morgan fingerprint density at radius 2 is 2.11 bits per heavy atom. The van der Waals surface area contributed by atoms with Gasteiger partial charge in [-0.3, -0.25) is 0 Å². The van der Waals surface area contributed by atoms with Crippen molar-refractivity contribution in [3.63, 3.8) is 0 Å². The molecule has 0 aromatic carbocycles. The molecule has 2 aliphatic heterocycles. The predicted octanol–water partition coefficient (Wildman–Crippen LogP) is 0.475. The maximum Gasteiger partial charge on any atom is 0.214 e. The standard InChI is InChI=1S/C12H24N2O3S/c1-12(4-6-13-7-5-12)10-14-18(15,16)9-11-3-2-8-17-11/h11,13-14H,2-10H2,1H3. The third-order valence-electron chi connectivity index (χ3n) is 3.96. The van der Waals surface area contributed by atoms with E-state index >= 15 is 0 Å². The molecular weight excluding hydrogens is 252 g/mol. The van der Waals surface area contributed by atoms with E-state index in [9.17, 15) is 8.42 Å². The van der Waals surface area contributed by atoms with Crippen molar-refractivity contribution in [2.75, 3.05) is 32.0 Å². The average Bonchev–Trinajstić information content (AvgIpc) is 2.80. The predicted molar refractivity (Wildman–Crippen MR) is 71.0 cm³/mol. The van der Waals surface area contributed by atoms with E-state index in [0.717, 1.165) is 38.8 Å². The normalized spacial score (nSPS) is 28.4. The van der Waals surface area contributed by atoms with Crippen molar-refractivity contribution in [2.24, 2.45) is 5.41 Å². The lowest BCUT2D eigenvalue weighted by Gasteiger charge is -2.34. The summed E-state index contributed by atoms with van der Waals surface area (Å²) in [6.07, 6.45) is 3.78. The van der Waals surface area contributed by atoms with Gasteiger partial charge in [-0.25, -0.2) is 13.1 Å². The van der Waals surface area contributed by atoms with Gasteiger partial charge in [0.05, 0.1) is 11.9 Å². The van der Waals surface area contributed by atoms with Crippen LogP contribution in [0.1, 0.15) is 32.6 Å². The molecule has 0 saturated carbocycles. The maximum atomic E-state index is 12.0. The number of hydrogen-bond donors (Lipinski definition) is 2. The van der Waals surface area contributed by atoms with Crippen molar-refractivity contribution in [1.82, 2.24) is 10.0 Å². The van der Waals surface area contributed by atoms with E-state index in [0.29, 0.717) is 13.2 Å². The van der Waals surface area contributed by atoms with Gasteiger partial charge in [-0.05, 0) is 44.2 Å².